The molecule has 3 nitrogen and oxygen atoms in total. The molecule has 1 aromatic carbocycles. The Labute approximate surface area is 130 Å². The predicted octanol–water partition coefficient (Wildman–Crippen LogP) is 4.35. The van der Waals surface area contributed by atoms with Gasteiger partial charge in [0.15, 0.2) is 0 Å². The second-order valence-corrected chi connectivity index (χ2v) is 6.74. The third-order valence-electron chi connectivity index (χ3n) is 4.20. The molecule has 0 radical (unpaired) electrons. The Hall–Kier alpha value is -1.55. The highest BCUT2D eigenvalue weighted by molar-refractivity contribution is 7.21. The van der Waals surface area contributed by atoms with E-state index in [0.29, 0.717) is 16.5 Å². The maximum atomic E-state index is 12.5. The van der Waals surface area contributed by atoms with E-state index in [1.54, 1.807) is 0 Å². The summed E-state index contributed by atoms with van der Waals surface area (Å²) in [5, 5.41) is 4.09. The Balaban J connectivity index is 2.25. The van der Waals surface area contributed by atoms with Crippen LogP contribution in [0.4, 0.5) is 5.69 Å². The molecule has 1 heterocycles. The van der Waals surface area contributed by atoms with Crippen LogP contribution in [0.25, 0.3) is 10.1 Å². The molecule has 0 aliphatic heterocycles. The number of hydrogen-bond donors (Lipinski definition) is 2. The number of nitrogens with two attached hydrogens (primary N) is 1. The predicted molar refractivity (Wildman–Crippen MR) is 92.0 cm³/mol. The van der Waals surface area contributed by atoms with Crippen molar-refractivity contribution < 1.29 is 4.79 Å². The summed E-state index contributed by atoms with van der Waals surface area (Å²) < 4.78 is 1.07. The number of thiophene rings is 1. The average Bonchev–Trinajstić information content (AvgIpc) is 2.77. The fraction of sp³-hybridized carbons (Fsp3) is 0.471. The summed E-state index contributed by atoms with van der Waals surface area (Å²) in [6.45, 7) is 8.43. The van der Waals surface area contributed by atoms with Crippen LogP contribution in [-0.4, -0.2) is 11.9 Å². The molecule has 3 N–H and O–H groups in total. The number of benzene rings is 1. The van der Waals surface area contributed by atoms with Gasteiger partial charge in [0.2, 0.25) is 0 Å². The van der Waals surface area contributed by atoms with E-state index in [2.05, 4.69) is 26.1 Å². The van der Waals surface area contributed by atoms with Crippen molar-refractivity contribution in [3.05, 3.63) is 28.6 Å². The van der Waals surface area contributed by atoms with E-state index in [9.17, 15) is 4.79 Å². The van der Waals surface area contributed by atoms with E-state index < -0.39 is 0 Å². The first-order valence-corrected chi connectivity index (χ1v) is 8.39. The van der Waals surface area contributed by atoms with Gasteiger partial charge >= 0.3 is 0 Å². The van der Waals surface area contributed by atoms with Gasteiger partial charge in [0.05, 0.1) is 5.69 Å². The minimum absolute atomic E-state index is 0.0502. The molecule has 1 atom stereocenters. The van der Waals surface area contributed by atoms with E-state index in [1.807, 2.05) is 25.1 Å². The minimum atomic E-state index is -0.0502. The first-order valence-electron chi connectivity index (χ1n) is 7.57. The van der Waals surface area contributed by atoms with Gasteiger partial charge in [0.25, 0.3) is 5.91 Å². The molecule has 2 rings (SSSR count). The standard InChI is InChI=1S/C17H24N2OS/c1-5-12(6-2)11(4)19-17(20)16-15(18)13-9-10(3)7-8-14(13)21-16/h7-9,11-12H,5-6,18H2,1-4H3,(H,19,20). The lowest BCUT2D eigenvalue weighted by Crippen LogP contribution is -2.37. The summed E-state index contributed by atoms with van der Waals surface area (Å²) in [6, 6.07) is 6.29. The number of fused-ring (bicyclic) bond motifs is 1. The molecule has 4 heteroatoms. The van der Waals surface area contributed by atoms with Crippen LogP contribution in [0.1, 0.15) is 48.8 Å². The van der Waals surface area contributed by atoms with Crippen molar-refractivity contribution in [2.24, 2.45) is 5.92 Å². The van der Waals surface area contributed by atoms with Crippen LogP contribution in [0.5, 0.6) is 0 Å². The van der Waals surface area contributed by atoms with Gasteiger partial charge in [-0.3, -0.25) is 4.79 Å². The van der Waals surface area contributed by atoms with Gasteiger partial charge in [-0.25, -0.2) is 0 Å². The van der Waals surface area contributed by atoms with Gasteiger partial charge in [-0.15, -0.1) is 11.3 Å². The highest BCUT2D eigenvalue weighted by Crippen LogP contribution is 2.34. The molecule has 0 saturated heterocycles. The SMILES string of the molecule is CCC(CC)C(C)NC(=O)c1sc2ccc(C)cc2c1N. The fourth-order valence-electron chi connectivity index (χ4n) is 2.79. The summed E-state index contributed by atoms with van der Waals surface area (Å²) in [5.41, 5.74) is 7.94. The van der Waals surface area contributed by atoms with E-state index in [4.69, 9.17) is 5.73 Å². The van der Waals surface area contributed by atoms with E-state index in [-0.39, 0.29) is 11.9 Å². The van der Waals surface area contributed by atoms with Crippen molar-refractivity contribution >= 4 is 33.0 Å². The average molecular weight is 304 g/mol. The number of hydrogen-bond acceptors (Lipinski definition) is 3. The van der Waals surface area contributed by atoms with E-state index in [0.717, 1.165) is 28.5 Å². The zero-order valence-corrected chi connectivity index (χ0v) is 14.0. The van der Waals surface area contributed by atoms with Crippen molar-refractivity contribution in [2.45, 2.75) is 46.6 Å². The zero-order chi connectivity index (χ0) is 15.6. The molecule has 1 amide bonds. The molecule has 0 aliphatic carbocycles. The molecular weight excluding hydrogens is 280 g/mol. The summed E-state index contributed by atoms with van der Waals surface area (Å²) in [7, 11) is 0. The fourth-order valence-corrected chi connectivity index (χ4v) is 3.79. The lowest BCUT2D eigenvalue weighted by atomic mass is 9.95. The monoisotopic (exact) mass is 304 g/mol. The van der Waals surface area contributed by atoms with Gasteiger partial charge in [-0.1, -0.05) is 38.3 Å². The minimum Gasteiger partial charge on any atom is -0.397 e. The number of nitrogen functional groups attached to an aromatic ring is 1. The van der Waals surface area contributed by atoms with Crippen LogP contribution in [0.15, 0.2) is 18.2 Å². The summed E-state index contributed by atoms with van der Waals surface area (Å²) in [4.78, 5) is 13.1. The quantitative estimate of drug-likeness (QED) is 0.863. The van der Waals surface area contributed by atoms with Crippen molar-refractivity contribution in [3.8, 4) is 0 Å². The Morgan fingerprint density at radius 1 is 1.33 bits per heavy atom. The first-order chi connectivity index (χ1) is 9.97. The lowest BCUT2D eigenvalue weighted by Gasteiger charge is -2.22. The van der Waals surface area contributed by atoms with Crippen molar-refractivity contribution in [1.29, 1.82) is 0 Å². The summed E-state index contributed by atoms with van der Waals surface area (Å²) in [5.74, 6) is 0.456. The topological polar surface area (TPSA) is 55.1 Å². The largest absolute Gasteiger partial charge is 0.397 e. The lowest BCUT2D eigenvalue weighted by molar-refractivity contribution is 0.0930. The van der Waals surface area contributed by atoms with Crippen LogP contribution in [-0.2, 0) is 0 Å². The van der Waals surface area contributed by atoms with Crippen molar-refractivity contribution in [3.63, 3.8) is 0 Å². The second kappa shape index (κ2) is 6.48. The zero-order valence-electron chi connectivity index (χ0n) is 13.2. The molecule has 0 fully saturated rings. The van der Waals surface area contributed by atoms with Gasteiger partial charge in [-0.2, -0.15) is 0 Å². The molecule has 1 unspecified atom stereocenters. The highest BCUT2D eigenvalue weighted by Gasteiger charge is 2.21. The van der Waals surface area contributed by atoms with E-state index in [1.165, 1.54) is 11.3 Å². The van der Waals surface area contributed by atoms with Crippen LogP contribution < -0.4 is 11.1 Å². The third kappa shape index (κ3) is 3.21. The Morgan fingerprint density at radius 3 is 2.62 bits per heavy atom. The molecule has 0 saturated carbocycles. The highest BCUT2D eigenvalue weighted by atomic mass is 32.1. The van der Waals surface area contributed by atoms with Crippen LogP contribution in [0, 0.1) is 12.8 Å². The van der Waals surface area contributed by atoms with Gasteiger partial charge in [0.1, 0.15) is 4.88 Å². The molecule has 114 valence electrons. The van der Waals surface area contributed by atoms with Crippen molar-refractivity contribution in [2.75, 3.05) is 5.73 Å². The number of amides is 1. The Kier molecular flexibility index (Phi) is 4.88. The van der Waals surface area contributed by atoms with Crippen LogP contribution in [0.3, 0.4) is 0 Å². The molecule has 0 bridgehead atoms. The van der Waals surface area contributed by atoms with Gasteiger partial charge in [0, 0.05) is 16.1 Å². The number of rotatable bonds is 5. The van der Waals surface area contributed by atoms with Crippen molar-refractivity contribution in [1.82, 2.24) is 5.32 Å². The van der Waals surface area contributed by atoms with Crippen LogP contribution in [0.2, 0.25) is 0 Å². The number of nitrogens with one attached hydrogen (secondary N) is 1. The maximum absolute atomic E-state index is 12.5. The Morgan fingerprint density at radius 2 is 2.00 bits per heavy atom. The van der Waals surface area contributed by atoms with Gasteiger partial charge in [-0.05, 0) is 31.9 Å². The summed E-state index contributed by atoms with van der Waals surface area (Å²) >= 11 is 1.47. The number of carbonyl (C=O) groups is 1. The number of carbonyl (C=O) groups excluding carboxylic acids is 1. The molecule has 21 heavy (non-hydrogen) atoms. The summed E-state index contributed by atoms with van der Waals surface area (Å²) in [6.07, 6.45) is 2.14. The molecule has 1 aromatic heterocycles. The van der Waals surface area contributed by atoms with E-state index >= 15 is 0 Å². The normalized spacial score (nSPS) is 12.8. The number of anilines is 1. The maximum Gasteiger partial charge on any atom is 0.263 e. The molecular formula is C17H24N2OS. The Bertz CT molecular complexity index is 644. The van der Waals surface area contributed by atoms with Crippen LogP contribution >= 0.6 is 11.3 Å². The molecule has 0 aliphatic rings. The molecule has 0 spiro atoms. The third-order valence-corrected chi connectivity index (χ3v) is 5.39. The second-order valence-electron chi connectivity index (χ2n) is 5.68. The molecule has 2 aromatic rings. The smallest absolute Gasteiger partial charge is 0.263 e. The first kappa shape index (κ1) is 15.8. The van der Waals surface area contributed by atoms with Gasteiger partial charge < -0.3 is 11.1 Å². The number of aryl methyl sites for hydroxylation is 1.